The van der Waals surface area contributed by atoms with Crippen LogP contribution in [-0.2, 0) is 11.3 Å². The summed E-state index contributed by atoms with van der Waals surface area (Å²) in [5, 5.41) is 14.6. The van der Waals surface area contributed by atoms with Crippen LogP contribution < -0.4 is 19.5 Å². The van der Waals surface area contributed by atoms with E-state index in [-0.39, 0.29) is 34.2 Å². The Morgan fingerprint density at radius 3 is 2.68 bits per heavy atom. The first kappa shape index (κ1) is 24.2. The Morgan fingerprint density at radius 2 is 1.97 bits per heavy atom. The summed E-state index contributed by atoms with van der Waals surface area (Å²) in [5.74, 6) is 1.27. The molecule has 2 aliphatic rings. The summed E-state index contributed by atoms with van der Waals surface area (Å²) in [7, 11) is 4.68. The molecule has 0 spiro atoms. The number of hydrogen-bond acceptors (Lipinski definition) is 6. The predicted octanol–water partition coefficient (Wildman–Crippen LogP) is 5.13. The van der Waals surface area contributed by atoms with Gasteiger partial charge in [-0.05, 0) is 37.1 Å². The van der Waals surface area contributed by atoms with E-state index in [2.05, 4.69) is 5.32 Å². The molecular formula is C25H27ClN2O5S. The standard InChI is InChI=1S/C25H27ClN2O5S/c1-31-15-11-10-14(20(12-15)32-2)13-28-19-9-4-6-16(19)22(29)21(25(28)30)24(34)27-18-8-5-7-17(26)23(18)33-3/h5,7-8,10-12,16,19,29H,4,6,9,13H2,1-3H3,(H,27,34)/t16-,19+/m1/s1. The molecule has 0 bridgehead atoms. The van der Waals surface area contributed by atoms with Gasteiger partial charge in [-0.1, -0.05) is 36.3 Å². The molecule has 1 fully saturated rings. The summed E-state index contributed by atoms with van der Waals surface area (Å²) in [6.45, 7) is 0.326. The summed E-state index contributed by atoms with van der Waals surface area (Å²) in [6, 6.07) is 10.6. The van der Waals surface area contributed by atoms with Crippen LogP contribution in [0.2, 0.25) is 5.02 Å². The quantitative estimate of drug-likeness (QED) is 0.508. The van der Waals surface area contributed by atoms with E-state index in [9.17, 15) is 9.90 Å². The number of amides is 1. The molecule has 4 rings (SSSR count). The zero-order chi connectivity index (χ0) is 24.4. The van der Waals surface area contributed by atoms with E-state index in [1.807, 2.05) is 12.1 Å². The second kappa shape index (κ2) is 10.1. The van der Waals surface area contributed by atoms with E-state index in [1.165, 1.54) is 7.11 Å². The number of thiocarbonyl (C=S) groups is 1. The summed E-state index contributed by atoms with van der Waals surface area (Å²) < 4.78 is 16.2. The molecule has 2 N–H and O–H groups in total. The number of carbonyl (C=O) groups is 1. The monoisotopic (exact) mass is 502 g/mol. The minimum atomic E-state index is -0.322. The number of hydrogen-bond donors (Lipinski definition) is 2. The number of ether oxygens (including phenoxy) is 3. The summed E-state index contributed by atoms with van der Waals surface area (Å²) >= 11 is 11.8. The van der Waals surface area contributed by atoms with Gasteiger partial charge in [0.25, 0.3) is 5.91 Å². The zero-order valence-electron chi connectivity index (χ0n) is 19.3. The van der Waals surface area contributed by atoms with Gasteiger partial charge in [0.2, 0.25) is 0 Å². The van der Waals surface area contributed by atoms with Crippen LogP contribution in [0.3, 0.4) is 0 Å². The smallest absolute Gasteiger partial charge is 0.260 e. The van der Waals surface area contributed by atoms with E-state index in [0.29, 0.717) is 34.5 Å². The van der Waals surface area contributed by atoms with E-state index in [4.69, 9.17) is 38.0 Å². The van der Waals surface area contributed by atoms with Crippen molar-refractivity contribution in [1.29, 1.82) is 0 Å². The number of nitrogens with one attached hydrogen (secondary N) is 1. The van der Waals surface area contributed by atoms with Gasteiger partial charge < -0.3 is 29.5 Å². The highest BCUT2D eigenvalue weighted by atomic mass is 35.5. The molecule has 1 aliphatic carbocycles. The fraction of sp³-hybridized carbons (Fsp3) is 0.360. The number of methoxy groups -OCH3 is 3. The van der Waals surface area contributed by atoms with Gasteiger partial charge in [0.15, 0.2) is 5.75 Å². The first-order valence-corrected chi connectivity index (χ1v) is 11.8. The zero-order valence-corrected chi connectivity index (χ0v) is 20.8. The van der Waals surface area contributed by atoms with Crippen molar-refractivity contribution in [2.75, 3.05) is 26.6 Å². The highest BCUT2D eigenvalue weighted by Gasteiger charge is 2.45. The van der Waals surface area contributed by atoms with Gasteiger partial charge in [-0.3, -0.25) is 4.79 Å². The topological polar surface area (TPSA) is 80.3 Å². The van der Waals surface area contributed by atoms with Crippen LogP contribution in [0.25, 0.3) is 0 Å². The molecule has 0 aromatic heterocycles. The lowest BCUT2D eigenvalue weighted by molar-refractivity contribution is -0.132. The normalized spacial score (nSPS) is 19.6. The van der Waals surface area contributed by atoms with Crippen LogP contribution in [0, 0.1) is 5.92 Å². The minimum Gasteiger partial charge on any atom is -0.511 e. The molecule has 2 aromatic carbocycles. The molecule has 0 radical (unpaired) electrons. The van der Waals surface area contributed by atoms with Crippen LogP contribution in [0.1, 0.15) is 24.8 Å². The molecule has 7 nitrogen and oxygen atoms in total. The number of nitrogens with zero attached hydrogens (tertiary/aromatic N) is 1. The Morgan fingerprint density at radius 1 is 1.18 bits per heavy atom. The van der Waals surface area contributed by atoms with Gasteiger partial charge in [-0.25, -0.2) is 0 Å². The maximum Gasteiger partial charge on any atom is 0.260 e. The Bertz CT molecular complexity index is 1150. The average Bonchev–Trinajstić information content (AvgIpc) is 3.32. The van der Waals surface area contributed by atoms with Crippen LogP contribution >= 0.6 is 23.8 Å². The lowest BCUT2D eigenvalue weighted by Gasteiger charge is -2.38. The molecule has 0 saturated heterocycles. The van der Waals surface area contributed by atoms with Gasteiger partial charge in [-0.2, -0.15) is 0 Å². The first-order chi connectivity index (χ1) is 16.4. The average molecular weight is 503 g/mol. The Kier molecular flexibility index (Phi) is 7.19. The van der Waals surface area contributed by atoms with Crippen molar-refractivity contribution < 1.29 is 24.1 Å². The molecule has 180 valence electrons. The van der Waals surface area contributed by atoms with Crippen LogP contribution in [0.15, 0.2) is 47.7 Å². The number of aliphatic hydroxyl groups excluding tert-OH is 1. The third kappa shape index (κ3) is 4.40. The lowest BCUT2D eigenvalue weighted by Crippen LogP contribution is -2.49. The molecule has 2 atom stereocenters. The van der Waals surface area contributed by atoms with E-state index < -0.39 is 0 Å². The first-order valence-electron chi connectivity index (χ1n) is 11.0. The fourth-order valence-electron chi connectivity index (χ4n) is 4.79. The number of aliphatic hydroxyl groups is 1. The molecule has 1 aliphatic heterocycles. The number of benzene rings is 2. The predicted molar refractivity (Wildman–Crippen MR) is 135 cm³/mol. The summed E-state index contributed by atoms with van der Waals surface area (Å²) in [5.41, 5.74) is 1.47. The Hall–Kier alpha value is -2.97. The molecule has 9 heteroatoms. The number of fused-ring (bicyclic) bond motifs is 1. The molecule has 1 heterocycles. The number of halogens is 1. The molecule has 0 unspecified atom stereocenters. The van der Waals surface area contributed by atoms with Crippen LogP contribution in [0.5, 0.6) is 17.2 Å². The second-order valence-electron chi connectivity index (χ2n) is 8.25. The number of para-hydroxylation sites is 1. The van der Waals surface area contributed by atoms with Gasteiger partial charge in [-0.15, -0.1) is 0 Å². The summed E-state index contributed by atoms with van der Waals surface area (Å²) in [4.78, 5) is 15.6. The molecule has 1 amide bonds. The number of anilines is 1. The SMILES string of the molecule is COc1ccc(CN2C(=O)C(C(=S)Nc3cccc(Cl)c3OC)=C(O)[C@@H]3CCC[C@@H]32)c(OC)c1. The largest absolute Gasteiger partial charge is 0.511 e. The van der Waals surface area contributed by atoms with Crippen molar-refractivity contribution in [2.45, 2.75) is 31.8 Å². The molecular weight excluding hydrogens is 476 g/mol. The minimum absolute atomic E-state index is 0.0453. The third-order valence-electron chi connectivity index (χ3n) is 6.44. The Balaban J connectivity index is 1.67. The maximum atomic E-state index is 13.7. The molecule has 34 heavy (non-hydrogen) atoms. The highest BCUT2D eigenvalue weighted by Crippen LogP contribution is 2.42. The third-order valence-corrected chi connectivity index (χ3v) is 7.05. The van der Waals surface area contributed by atoms with Crippen molar-refractivity contribution in [3.63, 3.8) is 0 Å². The van der Waals surface area contributed by atoms with Gasteiger partial charge >= 0.3 is 0 Å². The number of rotatable bonds is 7. The lowest BCUT2D eigenvalue weighted by atomic mass is 9.90. The van der Waals surface area contributed by atoms with Crippen molar-refractivity contribution in [3.05, 3.63) is 58.3 Å². The van der Waals surface area contributed by atoms with E-state index in [1.54, 1.807) is 43.4 Å². The van der Waals surface area contributed by atoms with E-state index in [0.717, 1.165) is 24.8 Å². The van der Waals surface area contributed by atoms with Gasteiger partial charge in [0.1, 0.15) is 27.8 Å². The second-order valence-corrected chi connectivity index (χ2v) is 9.07. The molecule has 1 saturated carbocycles. The fourth-order valence-corrected chi connectivity index (χ4v) is 5.34. The van der Waals surface area contributed by atoms with Crippen molar-refractivity contribution >= 4 is 40.4 Å². The summed E-state index contributed by atoms with van der Waals surface area (Å²) in [6.07, 6.45) is 2.51. The van der Waals surface area contributed by atoms with Crippen molar-refractivity contribution in [1.82, 2.24) is 4.90 Å². The van der Waals surface area contributed by atoms with Crippen molar-refractivity contribution in [2.24, 2.45) is 5.92 Å². The Labute approximate surface area is 209 Å². The number of carbonyl (C=O) groups excluding carboxylic acids is 1. The van der Waals surface area contributed by atoms with E-state index >= 15 is 0 Å². The molecule has 2 aromatic rings. The van der Waals surface area contributed by atoms with Crippen LogP contribution in [0.4, 0.5) is 5.69 Å². The maximum absolute atomic E-state index is 13.7. The van der Waals surface area contributed by atoms with Gasteiger partial charge in [0, 0.05) is 30.1 Å². The van der Waals surface area contributed by atoms with Crippen molar-refractivity contribution in [3.8, 4) is 17.2 Å². The highest BCUT2D eigenvalue weighted by molar-refractivity contribution is 7.81. The van der Waals surface area contributed by atoms with Crippen LogP contribution in [-0.4, -0.2) is 48.3 Å². The van der Waals surface area contributed by atoms with Gasteiger partial charge in [0.05, 0.1) is 32.0 Å².